The van der Waals surface area contributed by atoms with Gasteiger partial charge in [-0.05, 0) is 58.1 Å². The third kappa shape index (κ3) is 3.68. The van der Waals surface area contributed by atoms with Crippen LogP contribution in [0.5, 0.6) is 5.75 Å². The number of ether oxygens (including phenoxy) is 2. The lowest BCUT2D eigenvalue weighted by molar-refractivity contribution is -0.140. The SMILES string of the molecule is CN(C)CC1(COc2cc(Br)c(F)cc2Br)COC1. The molecule has 1 saturated heterocycles. The Kier molecular flexibility index (Phi) is 4.87. The zero-order chi connectivity index (χ0) is 14.0. The van der Waals surface area contributed by atoms with Gasteiger partial charge in [-0.1, -0.05) is 0 Å². The van der Waals surface area contributed by atoms with E-state index in [9.17, 15) is 4.39 Å². The van der Waals surface area contributed by atoms with Crippen molar-refractivity contribution in [3.63, 3.8) is 0 Å². The zero-order valence-corrected chi connectivity index (χ0v) is 14.1. The maximum atomic E-state index is 13.3. The van der Waals surface area contributed by atoms with Crippen LogP contribution in [0.3, 0.4) is 0 Å². The van der Waals surface area contributed by atoms with Crippen molar-refractivity contribution in [1.82, 2.24) is 4.90 Å². The Balaban J connectivity index is 2.03. The summed E-state index contributed by atoms with van der Waals surface area (Å²) in [6.07, 6.45) is 0. The number of nitrogens with zero attached hydrogens (tertiary/aromatic N) is 1. The molecule has 0 N–H and O–H groups in total. The molecule has 0 bridgehead atoms. The van der Waals surface area contributed by atoms with Gasteiger partial charge in [0.05, 0.1) is 34.2 Å². The first kappa shape index (κ1) is 15.2. The minimum atomic E-state index is -0.311. The van der Waals surface area contributed by atoms with E-state index in [1.807, 2.05) is 14.1 Å². The zero-order valence-electron chi connectivity index (χ0n) is 10.9. The highest BCUT2D eigenvalue weighted by molar-refractivity contribution is 9.11. The normalized spacial score (nSPS) is 17.4. The van der Waals surface area contributed by atoms with Gasteiger partial charge in [-0.3, -0.25) is 0 Å². The molecule has 0 aliphatic carbocycles. The topological polar surface area (TPSA) is 21.7 Å². The fourth-order valence-electron chi connectivity index (χ4n) is 2.13. The average Bonchev–Trinajstić information content (AvgIpc) is 2.27. The summed E-state index contributed by atoms with van der Waals surface area (Å²) in [5.74, 6) is 0.326. The summed E-state index contributed by atoms with van der Waals surface area (Å²) in [6.45, 7) is 2.87. The van der Waals surface area contributed by atoms with Crippen molar-refractivity contribution in [2.75, 3.05) is 40.5 Å². The number of hydrogen-bond acceptors (Lipinski definition) is 3. The van der Waals surface area contributed by atoms with E-state index >= 15 is 0 Å². The van der Waals surface area contributed by atoms with Gasteiger partial charge in [0.1, 0.15) is 11.6 Å². The van der Waals surface area contributed by atoms with E-state index in [0.717, 1.165) is 6.54 Å². The van der Waals surface area contributed by atoms with Crippen LogP contribution in [0.15, 0.2) is 21.1 Å². The predicted molar refractivity (Wildman–Crippen MR) is 79.1 cm³/mol. The lowest BCUT2D eigenvalue weighted by Gasteiger charge is -2.42. The summed E-state index contributed by atoms with van der Waals surface area (Å²) in [5.41, 5.74) is 0.0315. The molecule has 1 aromatic carbocycles. The van der Waals surface area contributed by atoms with Gasteiger partial charge >= 0.3 is 0 Å². The standard InChI is InChI=1S/C13H16Br2FNO2/c1-17(2)5-13(6-18-7-13)8-19-12-4-9(14)11(16)3-10(12)15/h3-4H,5-8H2,1-2H3. The highest BCUT2D eigenvalue weighted by Gasteiger charge is 2.40. The Morgan fingerprint density at radius 2 is 2.00 bits per heavy atom. The molecule has 1 heterocycles. The average molecular weight is 397 g/mol. The van der Waals surface area contributed by atoms with Crippen molar-refractivity contribution in [3.8, 4) is 5.75 Å². The Labute approximate surface area is 129 Å². The van der Waals surface area contributed by atoms with E-state index in [2.05, 4.69) is 36.8 Å². The van der Waals surface area contributed by atoms with E-state index in [0.29, 0.717) is 34.5 Å². The van der Waals surface area contributed by atoms with Crippen molar-refractivity contribution < 1.29 is 13.9 Å². The molecule has 6 heteroatoms. The molecule has 0 spiro atoms. The van der Waals surface area contributed by atoms with Gasteiger partial charge in [0.15, 0.2) is 0 Å². The molecule has 0 amide bonds. The van der Waals surface area contributed by atoms with E-state index in [1.54, 1.807) is 6.07 Å². The molecule has 106 valence electrons. The van der Waals surface area contributed by atoms with E-state index in [-0.39, 0.29) is 11.2 Å². The lowest BCUT2D eigenvalue weighted by Crippen LogP contribution is -2.53. The first-order valence-electron chi connectivity index (χ1n) is 5.92. The maximum Gasteiger partial charge on any atom is 0.138 e. The van der Waals surface area contributed by atoms with Crippen LogP contribution in [0.25, 0.3) is 0 Å². The second kappa shape index (κ2) is 6.08. The van der Waals surface area contributed by atoms with E-state index in [4.69, 9.17) is 9.47 Å². The van der Waals surface area contributed by atoms with Crippen molar-refractivity contribution >= 4 is 31.9 Å². The number of benzene rings is 1. The maximum absolute atomic E-state index is 13.3. The molecule has 2 rings (SSSR count). The van der Waals surface area contributed by atoms with E-state index in [1.165, 1.54) is 6.07 Å². The number of halogens is 3. The molecule has 0 unspecified atom stereocenters. The Morgan fingerprint density at radius 1 is 1.32 bits per heavy atom. The second-order valence-electron chi connectivity index (χ2n) is 5.22. The first-order chi connectivity index (χ1) is 8.92. The van der Waals surface area contributed by atoms with Crippen LogP contribution in [0.2, 0.25) is 0 Å². The Bertz CT molecular complexity index is 464. The van der Waals surface area contributed by atoms with Crippen molar-refractivity contribution in [2.24, 2.45) is 5.41 Å². The van der Waals surface area contributed by atoms with Crippen LogP contribution in [0.4, 0.5) is 4.39 Å². The first-order valence-corrected chi connectivity index (χ1v) is 7.50. The molecule has 0 aromatic heterocycles. The highest BCUT2D eigenvalue weighted by atomic mass is 79.9. The third-order valence-corrected chi connectivity index (χ3v) is 4.20. The predicted octanol–water partition coefficient (Wildman–Crippen LogP) is 3.31. The molecule has 1 aliphatic heterocycles. The Morgan fingerprint density at radius 3 is 2.53 bits per heavy atom. The lowest BCUT2D eigenvalue weighted by atomic mass is 9.86. The molecule has 3 nitrogen and oxygen atoms in total. The van der Waals surface area contributed by atoms with Crippen LogP contribution in [-0.4, -0.2) is 45.4 Å². The summed E-state index contributed by atoms with van der Waals surface area (Å²) in [6, 6.07) is 3.04. The van der Waals surface area contributed by atoms with Crippen molar-refractivity contribution in [1.29, 1.82) is 0 Å². The van der Waals surface area contributed by atoms with Crippen LogP contribution in [0.1, 0.15) is 0 Å². The molecular formula is C13H16Br2FNO2. The fraction of sp³-hybridized carbons (Fsp3) is 0.538. The van der Waals surface area contributed by atoms with Crippen LogP contribution < -0.4 is 4.74 Å². The van der Waals surface area contributed by atoms with Gasteiger partial charge < -0.3 is 14.4 Å². The summed E-state index contributed by atoms with van der Waals surface area (Å²) in [4.78, 5) is 2.13. The van der Waals surface area contributed by atoms with Crippen molar-refractivity contribution in [2.45, 2.75) is 0 Å². The summed E-state index contributed by atoms with van der Waals surface area (Å²) in [7, 11) is 4.06. The molecule has 1 fully saturated rings. The van der Waals surface area contributed by atoms with Crippen molar-refractivity contribution in [3.05, 3.63) is 26.9 Å². The Hall–Kier alpha value is -0.170. The molecular weight excluding hydrogens is 381 g/mol. The van der Waals surface area contributed by atoms with Gasteiger partial charge in [-0.2, -0.15) is 0 Å². The quantitative estimate of drug-likeness (QED) is 0.712. The van der Waals surface area contributed by atoms with Crippen LogP contribution >= 0.6 is 31.9 Å². The molecule has 0 atom stereocenters. The molecule has 1 aliphatic rings. The van der Waals surface area contributed by atoms with Crippen LogP contribution in [0, 0.1) is 11.2 Å². The number of rotatable bonds is 5. The van der Waals surface area contributed by atoms with Gasteiger partial charge in [0, 0.05) is 6.54 Å². The minimum Gasteiger partial charge on any atom is -0.492 e. The summed E-state index contributed by atoms with van der Waals surface area (Å²) < 4.78 is 25.5. The third-order valence-electron chi connectivity index (χ3n) is 2.98. The second-order valence-corrected chi connectivity index (χ2v) is 6.92. The van der Waals surface area contributed by atoms with Gasteiger partial charge in [-0.25, -0.2) is 4.39 Å². The monoisotopic (exact) mass is 395 g/mol. The molecule has 19 heavy (non-hydrogen) atoms. The minimum absolute atomic E-state index is 0.0315. The molecule has 0 saturated carbocycles. The fourth-order valence-corrected chi connectivity index (χ4v) is 2.88. The molecule has 0 radical (unpaired) electrons. The van der Waals surface area contributed by atoms with Crippen LogP contribution in [-0.2, 0) is 4.74 Å². The highest BCUT2D eigenvalue weighted by Crippen LogP contribution is 2.34. The largest absolute Gasteiger partial charge is 0.492 e. The smallest absolute Gasteiger partial charge is 0.138 e. The number of hydrogen-bond donors (Lipinski definition) is 0. The van der Waals surface area contributed by atoms with E-state index < -0.39 is 0 Å². The van der Waals surface area contributed by atoms with Gasteiger partial charge in [0.2, 0.25) is 0 Å². The summed E-state index contributed by atoms with van der Waals surface area (Å²) in [5, 5.41) is 0. The summed E-state index contributed by atoms with van der Waals surface area (Å²) >= 11 is 6.48. The molecule has 1 aromatic rings. The van der Waals surface area contributed by atoms with Gasteiger partial charge in [0.25, 0.3) is 0 Å². The van der Waals surface area contributed by atoms with Gasteiger partial charge in [-0.15, -0.1) is 0 Å².